The highest BCUT2D eigenvalue weighted by Gasteiger charge is 2.15. The molecule has 0 aromatic carbocycles. The fourth-order valence-corrected chi connectivity index (χ4v) is 1.96. The van der Waals surface area contributed by atoms with Gasteiger partial charge in [-0.05, 0) is 42.7 Å². The van der Waals surface area contributed by atoms with Crippen LogP contribution >= 0.6 is 11.3 Å². The SMILES string of the molecule is CC(C)(N)CC(=O)NCCc1ccsc1. The van der Waals surface area contributed by atoms with E-state index < -0.39 is 5.54 Å². The fourth-order valence-electron chi connectivity index (χ4n) is 1.26. The van der Waals surface area contributed by atoms with Gasteiger partial charge < -0.3 is 11.1 Å². The first-order valence-electron chi connectivity index (χ1n) is 5.04. The standard InChI is InChI=1S/C11H18N2OS/c1-11(2,12)7-10(14)13-5-3-9-4-6-15-8-9/h4,6,8H,3,5,7,12H2,1-2H3,(H,13,14). The quantitative estimate of drug-likeness (QED) is 0.800. The maximum Gasteiger partial charge on any atom is 0.221 e. The normalized spacial score (nSPS) is 11.4. The van der Waals surface area contributed by atoms with Gasteiger partial charge in [0.15, 0.2) is 0 Å². The van der Waals surface area contributed by atoms with Crippen LogP contribution in [0, 0.1) is 0 Å². The first-order valence-corrected chi connectivity index (χ1v) is 5.98. The number of hydrogen-bond acceptors (Lipinski definition) is 3. The Morgan fingerprint density at radius 1 is 1.60 bits per heavy atom. The summed E-state index contributed by atoms with van der Waals surface area (Å²) in [6.07, 6.45) is 1.26. The number of amides is 1. The summed E-state index contributed by atoms with van der Waals surface area (Å²) in [7, 11) is 0. The van der Waals surface area contributed by atoms with Crippen molar-refractivity contribution in [3.05, 3.63) is 22.4 Å². The molecule has 84 valence electrons. The van der Waals surface area contributed by atoms with Crippen molar-refractivity contribution in [2.75, 3.05) is 6.54 Å². The maximum atomic E-state index is 11.4. The highest BCUT2D eigenvalue weighted by molar-refractivity contribution is 7.07. The molecule has 0 bridgehead atoms. The minimum atomic E-state index is -0.424. The molecule has 1 amide bonds. The average molecular weight is 226 g/mol. The second-order valence-electron chi connectivity index (χ2n) is 4.40. The van der Waals surface area contributed by atoms with Crippen LogP contribution in [0.15, 0.2) is 16.8 Å². The van der Waals surface area contributed by atoms with E-state index in [-0.39, 0.29) is 5.91 Å². The lowest BCUT2D eigenvalue weighted by Crippen LogP contribution is -2.39. The van der Waals surface area contributed by atoms with Crippen molar-refractivity contribution in [3.63, 3.8) is 0 Å². The van der Waals surface area contributed by atoms with E-state index in [1.54, 1.807) is 11.3 Å². The van der Waals surface area contributed by atoms with Crippen LogP contribution in [0.5, 0.6) is 0 Å². The Hall–Kier alpha value is -0.870. The van der Waals surface area contributed by atoms with Crippen LogP contribution < -0.4 is 11.1 Å². The number of nitrogens with one attached hydrogen (secondary N) is 1. The van der Waals surface area contributed by atoms with Gasteiger partial charge in [0.05, 0.1) is 0 Å². The van der Waals surface area contributed by atoms with Crippen molar-refractivity contribution in [2.45, 2.75) is 32.2 Å². The summed E-state index contributed by atoms with van der Waals surface area (Å²) in [5.41, 5.74) is 6.59. The third-order valence-corrected chi connectivity index (χ3v) is 2.66. The molecule has 0 aliphatic carbocycles. The molecule has 0 spiro atoms. The molecule has 0 fully saturated rings. The smallest absolute Gasteiger partial charge is 0.221 e. The van der Waals surface area contributed by atoms with E-state index >= 15 is 0 Å². The molecule has 0 aliphatic rings. The Morgan fingerprint density at radius 2 is 2.33 bits per heavy atom. The molecular formula is C11H18N2OS. The predicted octanol–water partition coefficient (Wildman–Crippen LogP) is 1.53. The molecule has 0 radical (unpaired) electrons. The van der Waals surface area contributed by atoms with Gasteiger partial charge in [-0.2, -0.15) is 11.3 Å². The number of thiophene rings is 1. The van der Waals surface area contributed by atoms with Gasteiger partial charge in [0.2, 0.25) is 5.91 Å². The van der Waals surface area contributed by atoms with E-state index in [0.29, 0.717) is 13.0 Å². The zero-order chi connectivity index (χ0) is 11.3. The number of nitrogens with two attached hydrogens (primary N) is 1. The van der Waals surface area contributed by atoms with Crippen molar-refractivity contribution >= 4 is 17.2 Å². The van der Waals surface area contributed by atoms with E-state index in [9.17, 15) is 4.79 Å². The van der Waals surface area contributed by atoms with Crippen LogP contribution in [0.3, 0.4) is 0 Å². The molecular weight excluding hydrogens is 208 g/mol. The van der Waals surface area contributed by atoms with Gasteiger partial charge in [-0.1, -0.05) is 0 Å². The van der Waals surface area contributed by atoms with Crippen LogP contribution in [0.4, 0.5) is 0 Å². The van der Waals surface area contributed by atoms with Crippen LogP contribution in [0.25, 0.3) is 0 Å². The van der Waals surface area contributed by atoms with E-state index in [1.165, 1.54) is 5.56 Å². The molecule has 1 heterocycles. The second kappa shape index (κ2) is 5.28. The third-order valence-electron chi connectivity index (χ3n) is 1.93. The van der Waals surface area contributed by atoms with Crippen molar-refractivity contribution in [2.24, 2.45) is 5.73 Å². The molecule has 0 saturated heterocycles. The minimum Gasteiger partial charge on any atom is -0.356 e. The van der Waals surface area contributed by atoms with Gasteiger partial charge >= 0.3 is 0 Å². The largest absolute Gasteiger partial charge is 0.356 e. The Balaban J connectivity index is 2.18. The monoisotopic (exact) mass is 226 g/mol. The molecule has 0 saturated carbocycles. The third kappa shape index (κ3) is 5.54. The highest BCUT2D eigenvalue weighted by Crippen LogP contribution is 2.06. The average Bonchev–Trinajstić information content (AvgIpc) is 2.53. The number of carbonyl (C=O) groups is 1. The molecule has 15 heavy (non-hydrogen) atoms. The molecule has 3 nitrogen and oxygen atoms in total. The van der Waals surface area contributed by atoms with E-state index in [4.69, 9.17) is 5.73 Å². The Kier molecular flexibility index (Phi) is 4.29. The zero-order valence-electron chi connectivity index (χ0n) is 9.25. The zero-order valence-corrected chi connectivity index (χ0v) is 10.1. The number of rotatable bonds is 5. The molecule has 4 heteroatoms. The molecule has 1 aromatic heterocycles. The first kappa shape index (κ1) is 12.2. The lowest BCUT2D eigenvalue weighted by molar-refractivity contribution is -0.121. The predicted molar refractivity (Wildman–Crippen MR) is 63.9 cm³/mol. The van der Waals surface area contributed by atoms with Gasteiger partial charge in [0.1, 0.15) is 0 Å². The lowest BCUT2D eigenvalue weighted by atomic mass is 10.0. The van der Waals surface area contributed by atoms with Crippen molar-refractivity contribution in [1.29, 1.82) is 0 Å². The summed E-state index contributed by atoms with van der Waals surface area (Å²) >= 11 is 1.68. The Morgan fingerprint density at radius 3 is 2.87 bits per heavy atom. The molecule has 0 atom stereocenters. The summed E-state index contributed by atoms with van der Waals surface area (Å²) in [5, 5.41) is 7.00. The van der Waals surface area contributed by atoms with Crippen LogP contribution in [-0.2, 0) is 11.2 Å². The second-order valence-corrected chi connectivity index (χ2v) is 5.18. The molecule has 1 rings (SSSR count). The molecule has 3 N–H and O–H groups in total. The Bertz CT molecular complexity index is 301. The summed E-state index contributed by atoms with van der Waals surface area (Å²) in [5.74, 6) is 0.0257. The fraction of sp³-hybridized carbons (Fsp3) is 0.545. The van der Waals surface area contributed by atoms with E-state index in [0.717, 1.165) is 6.42 Å². The van der Waals surface area contributed by atoms with Gasteiger partial charge in [-0.25, -0.2) is 0 Å². The first-order chi connectivity index (χ1) is 6.97. The van der Waals surface area contributed by atoms with E-state index in [2.05, 4.69) is 16.8 Å². The summed E-state index contributed by atoms with van der Waals surface area (Å²) in [4.78, 5) is 11.4. The lowest BCUT2D eigenvalue weighted by Gasteiger charge is -2.17. The van der Waals surface area contributed by atoms with Gasteiger partial charge in [0.25, 0.3) is 0 Å². The van der Waals surface area contributed by atoms with Gasteiger partial charge in [-0.3, -0.25) is 4.79 Å². The summed E-state index contributed by atoms with van der Waals surface area (Å²) < 4.78 is 0. The van der Waals surface area contributed by atoms with Crippen LogP contribution in [0.2, 0.25) is 0 Å². The van der Waals surface area contributed by atoms with Gasteiger partial charge in [0, 0.05) is 18.5 Å². The summed E-state index contributed by atoms with van der Waals surface area (Å²) in [6.45, 7) is 4.39. The van der Waals surface area contributed by atoms with Crippen molar-refractivity contribution in [3.8, 4) is 0 Å². The van der Waals surface area contributed by atoms with Crippen LogP contribution in [-0.4, -0.2) is 18.0 Å². The van der Waals surface area contributed by atoms with Crippen LogP contribution in [0.1, 0.15) is 25.8 Å². The number of carbonyl (C=O) groups excluding carboxylic acids is 1. The Labute approximate surface area is 94.7 Å². The minimum absolute atomic E-state index is 0.0257. The highest BCUT2D eigenvalue weighted by atomic mass is 32.1. The van der Waals surface area contributed by atoms with Gasteiger partial charge in [-0.15, -0.1) is 0 Å². The van der Waals surface area contributed by atoms with Crippen molar-refractivity contribution < 1.29 is 4.79 Å². The molecule has 0 aliphatic heterocycles. The topological polar surface area (TPSA) is 55.1 Å². The number of hydrogen-bond donors (Lipinski definition) is 2. The molecule has 1 aromatic rings. The summed E-state index contributed by atoms with van der Waals surface area (Å²) in [6, 6.07) is 2.07. The molecule has 0 unspecified atom stereocenters. The maximum absolute atomic E-state index is 11.4. The van der Waals surface area contributed by atoms with Crippen molar-refractivity contribution in [1.82, 2.24) is 5.32 Å². The van der Waals surface area contributed by atoms with E-state index in [1.807, 2.05) is 19.2 Å².